The molecule has 1 fully saturated rings. The van der Waals surface area contributed by atoms with E-state index in [-0.39, 0.29) is 23.6 Å². The second kappa shape index (κ2) is 2.92. The van der Waals surface area contributed by atoms with Gasteiger partial charge in [-0.1, -0.05) is 13.8 Å². The molecule has 0 bridgehead atoms. The fourth-order valence-corrected chi connectivity index (χ4v) is 3.17. The molecule has 2 aliphatic heterocycles. The van der Waals surface area contributed by atoms with Crippen LogP contribution in [0.1, 0.15) is 40.0 Å². The third-order valence-corrected chi connectivity index (χ3v) is 3.93. The average molecular weight is 236 g/mol. The minimum Gasteiger partial charge on any atom is -0.458 e. The van der Waals surface area contributed by atoms with E-state index >= 15 is 0 Å². The SMILES string of the molecule is CC1(C)CC(=O)C2=C(C1)O[C@H]1OC(=O)C[C@]21C. The van der Waals surface area contributed by atoms with E-state index in [1.54, 1.807) is 0 Å². The number of rotatable bonds is 0. The van der Waals surface area contributed by atoms with Gasteiger partial charge in [0.05, 0.1) is 11.8 Å². The normalized spacial score (nSPS) is 38.6. The molecule has 0 unspecified atom stereocenters. The molecule has 3 rings (SSSR count). The van der Waals surface area contributed by atoms with Crippen molar-refractivity contribution in [3.05, 3.63) is 11.3 Å². The molecule has 2 heterocycles. The van der Waals surface area contributed by atoms with Crippen molar-refractivity contribution in [1.82, 2.24) is 0 Å². The maximum atomic E-state index is 12.2. The van der Waals surface area contributed by atoms with Crippen LogP contribution in [0.5, 0.6) is 0 Å². The monoisotopic (exact) mass is 236 g/mol. The van der Waals surface area contributed by atoms with Gasteiger partial charge < -0.3 is 9.47 Å². The first-order valence-corrected chi connectivity index (χ1v) is 5.95. The molecule has 1 saturated heterocycles. The molecule has 0 N–H and O–H groups in total. The zero-order valence-corrected chi connectivity index (χ0v) is 10.3. The maximum absolute atomic E-state index is 12.2. The van der Waals surface area contributed by atoms with Gasteiger partial charge in [-0.25, -0.2) is 0 Å². The van der Waals surface area contributed by atoms with Gasteiger partial charge in [-0.15, -0.1) is 0 Å². The van der Waals surface area contributed by atoms with Crippen molar-refractivity contribution >= 4 is 11.8 Å². The molecule has 0 spiro atoms. The van der Waals surface area contributed by atoms with E-state index in [0.717, 1.165) is 12.2 Å². The van der Waals surface area contributed by atoms with Gasteiger partial charge in [0.15, 0.2) is 5.78 Å². The lowest BCUT2D eigenvalue weighted by molar-refractivity contribution is -0.159. The number of fused-ring (bicyclic) bond motifs is 2. The molecule has 4 nitrogen and oxygen atoms in total. The number of esters is 1. The number of allylic oxidation sites excluding steroid dienone is 1. The number of ether oxygens (including phenoxy) is 2. The molecule has 0 aromatic carbocycles. The highest BCUT2D eigenvalue weighted by Crippen LogP contribution is 2.55. The van der Waals surface area contributed by atoms with Gasteiger partial charge in [0.1, 0.15) is 5.76 Å². The lowest BCUT2D eigenvalue weighted by Gasteiger charge is -2.30. The van der Waals surface area contributed by atoms with Crippen LogP contribution < -0.4 is 0 Å². The summed E-state index contributed by atoms with van der Waals surface area (Å²) in [6, 6.07) is 0. The Hall–Kier alpha value is -1.32. The van der Waals surface area contributed by atoms with Crippen molar-refractivity contribution in [3.63, 3.8) is 0 Å². The quantitative estimate of drug-likeness (QED) is 0.603. The lowest BCUT2D eigenvalue weighted by Crippen LogP contribution is -2.32. The topological polar surface area (TPSA) is 52.6 Å². The molecule has 0 amide bonds. The van der Waals surface area contributed by atoms with Crippen LogP contribution in [-0.4, -0.2) is 18.0 Å². The first-order valence-electron chi connectivity index (χ1n) is 5.95. The summed E-state index contributed by atoms with van der Waals surface area (Å²) in [6.07, 6.45) is 0.935. The van der Waals surface area contributed by atoms with Crippen LogP contribution >= 0.6 is 0 Å². The number of carbonyl (C=O) groups is 2. The molecule has 4 heteroatoms. The number of Topliss-reactive ketones (excluding diaryl/α,β-unsaturated/α-hetero) is 1. The van der Waals surface area contributed by atoms with Crippen LogP contribution in [0.3, 0.4) is 0 Å². The second-order valence-corrected chi connectivity index (χ2v) is 6.27. The van der Waals surface area contributed by atoms with E-state index in [9.17, 15) is 9.59 Å². The van der Waals surface area contributed by atoms with Crippen molar-refractivity contribution in [3.8, 4) is 0 Å². The Morgan fingerprint density at radius 1 is 1.06 bits per heavy atom. The van der Waals surface area contributed by atoms with E-state index in [0.29, 0.717) is 12.0 Å². The third-order valence-electron chi connectivity index (χ3n) is 3.93. The van der Waals surface area contributed by atoms with Crippen molar-refractivity contribution in [2.45, 2.75) is 46.3 Å². The van der Waals surface area contributed by atoms with Crippen LogP contribution in [-0.2, 0) is 19.1 Å². The summed E-state index contributed by atoms with van der Waals surface area (Å²) < 4.78 is 10.8. The molecular formula is C13H16O4. The van der Waals surface area contributed by atoms with Crippen molar-refractivity contribution in [1.29, 1.82) is 0 Å². The van der Waals surface area contributed by atoms with Gasteiger partial charge in [-0.2, -0.15) is 0 Å². The zero-order valence-electron chi connectivity index (χ0n) is 10.3. The molecule has 2 atom stereocenters. The predicted octanol–water partition coefficient (Wildman–Crippen LogP) is 1.94. The van der Waals surface area contributed by atoms with E-state index in [2.05, 4.69) is 13.8 Å². The highest BCUT2D eigenvalue weighted by molar-refractivity contribution is 6.00. The smallest absolute Gasteiger partial charge is 0.310 e. The van der Waals surface area contributed by atoms with E-state index in [4.69, 9.17) is 9.47 Å². The summed E-state index contributed by atoms with van der Waals surface area (Å²) in [4.78, 5) is 23.6. The molecule has 0 aromatic rings. The second-order valence-electron chi connectivity index (χ2n) is 6.27. The van der Waals surface area contributed by atoms with Crippen molar-refractivity contribution < 1.29 is 19.1 Å². The van der Waals surface area contributed by atoms with Gasteiger partial charge in [0.2, 0.25) is 0 Å². The van der Waals surface area contributed by atoms with Gasteiger partial charge in [0.25, 0.3) is 6.29 Å². The summed E-state index contributed by atoms with van der Waals surface area (Å²) in [5.74, 6) is 0.576. The lowest BCUT2D eigenvalue weighted by atomic mass is 9.69. The molecule has 1 aliphatic carbocycles. The fraction of sp³-hybridized carbons (Fsp3) is 0.692. The van der Waals surface area contributed by atoms with E-state index in [1.807, 2.05) is 6.92 Å². The summed E-state index contributed by atoms with van der Waals surface area (Å²) in [5, 5.41) is 0. The van der Waals surface area contributed by atoms with Gasteiger partial charge >= 0.3 is 5.97 Å². The first-order chi connectivity index (χ1) is 7.82. The molecule has 0 aromatic heterocycles. The average Bonchev–Trinajstić information content (AvgIpc) is 2.49. The zero-order chi connectivity index (χ0) is 12.4. The highest BCUT2D eigenvalue weighted by atomic mass is 16.7. The van der Waals surface area contributed by atoms with E-state index < -0.39 is 11.7 Å². The number of hydrogen-bond donors (Lipinski definition) is 0. The molecule has 3 aliphatic rings. The predicted molar refractivity (Wildman–Crippen MR) is 58.7 cm³/mol. The first kappa shape index (κ1) is 10.8. The Balaban J connectivity index is 2.05. The number of carbonyl (C=O) groups excluding carboxylic acids is 2. The number of hydrogen-bond acceptors (Lipinski definition) is 4. The third kappa shape index (κ3) is 1.36. The Morgan fingerprint density at radius 2 is 1.76 bits per heavy atom. The van der Waals surface area contributed by atoms with Gasteiger partial charge in [-0.05, 0) is 12.3 Å². The highest BCUT2D eigenvalue weighted by Gasteiger charge is 2.59. The van der Waals surface area contributed by atoms with Gasteiger partial charge in [-0.3, -0.25) is 9.59 Å². The summed E-state index contributed by atoms with van der Waals surface area (Å²) in [7, 11) is 0. The fourth-order valence-electron chi connectivity index (χ4n) is 3.17. The van der Waals surface area contributed by atoms with Crippen molar-refractivity contribution in [2.24, 2.45) is 10.8 Å². The van der Waals surface area contributed by atoms with Crippen LogP contribution in [0.25, 0.3) is 0 Å². The standard InChI is InChI=1S/C13H16O4/c1-12(2)4-7(14)10-8(5-12)16-11-13(10,3)6-9(15)17-11/h11H,4-6H2,1-3H3/t11-,13+/m0/s1. The van der Waals surface area contributed by atoms with E-state index in [1.165, 1.54) is 0 Å². The minimum absolute atomic E-state index is 0.0606. The molecular weight excluding hydrogens is 220 g/mol. The van der Waals surface area contributed by atoms with Crippen LogP contribution in [0.15, 0.2) is 11.3 Å². The number of ketones is 1. The molecule has 0 radical (unpaired) electrons. The minimum atomic E-state index is -0.585. The molecule has 0 saturated carbocycles. The summed E-state index contributed by atoms with van der Waals surface area (Å²) in [5.41, 5.74) is 0.0854. The Labute approximate surface area is 100.0 Å². The summed E-state index contributed by atoms with van der Waals surface area (Å²) >= 11 is 0. The Bertz CT molecular complexity index is 460. The summed E-state index contributed by atoms with van der Waals surface area (Å²) in [6.45, 7) is 6.00. The Kier molecular flexibility index (Phi) is 1.86. The van der Waals surface area contributed by atoms with Crippen LogP contribution in [0, 0.1) is 10.8 Å². The van der Waals surface area contributed by atoms with Gasteiger partial charge in [0, 0.05) is 18.4 Å². The maximum Gasteiger partial charge on any atom is 0.310 e. The van der Waals surface area contributed by atoms with Crippen LogP contribution in [0.4, 0.5) is 0 Å². The Morgan fingerprint density at radius 3 is 2.47 bits per heavy atom. The van der Waals surface area contributed by atoms with Crippen LogP contribution in [0.2, 0.25) is 0 Å². The largest absolute Gasteiger partial charge is 0.458 e. The van der Waals surface area contributed by atoms with Crippen molar-refractivity contribution in [2.75, 3.05) is 0 Å². The molecule has 17 heavy (non-hydrogen) atoms. The molecule has 92 valence electrons.